The van der Waals surface area contributed by atoms with Gasteiger partial charge in [0.2, 0.25) is 5.95 Å². The summed E-state index contributed by atoms with van der Waals surface area (Å²) in [6.07, 6.45) is 1.99. The van der Waals surface area contributed by atoms with Crippen molar-refractivity contribution >= 4 is 40.7 Å². The van der Waals surface area contributed by atoms with E-state index in [2.05, 4.69) is 20.5 Å². The number of anilines is 3. The zero-order valence-electron chi connectivity index (χ0n) is 21.9. The normalized spacial score (nSPS) is 20.9. The SMILES string of the molecule is O[C@H]1CC[C@H](Nc2nc(Nc3cccc(C(F)(F)F)c3)ncc2C2CCN(Cc3cc(Cl)cc(Cl)c3)CC2)CC1. The van der Waals surface area contributed by atoms with Gasteiger partial charge >= 0.3 is 6.18 Å². The first-order valence-electron chi connectivity index (χ1n) is 13.6. The minimum absolute atomic E-state index is 0.158. The maximum Gasteiger partial charge on any atom is 0.416 e. The Morgan fingerprint density at radius 2 is 1.65 bits per heavy atom. The van der Waals surface area contributed by atoms with Gasteiger partial charge < -0.3 is 15.7 Å². The number of nitrogens with one attached hydrogen (secondary N) is 2. The molecule has 3 N–H and O–H groups in total. The Balaban J connectivity index is 1.32. The molecule has 2 fully saturated rings. The van der Waals surface area contributed by atoms with Crippen LogP contribution in [0.25, 0.3) is 0 Å². The van der Waals surface area contributed by atoms with E-state index in [1.807, 2.05) is 12.1 Å². The fourth-order valence-corrected chi connectivity index (χ4v) is 6.12. The average Bonchev–Trinajstić information content (AvgIpc) is 2.90. The van der Waals surface area contributed by atoms with Gasteiger partial charge in [0.15, 0.2) is 0 Å². The maximum atomic E-state index is 13.2. The van der Waals surface area contributed by atoms with Crippen molar-refractivity contribution in [1.82, 2.24) is 14.9 Å². The van der Waals surface area contributed by atoms with Gasteiger partial charge in [-0.05, 0) is 99.5 Å². The molecule has 5 rings (SSSR count). The Hall–Kier alpha value is -2.59. The number of aliphatic hydroxyl groups is 1. The Bertz CT molecular complexity index is 1290. The van der Waals surface area contributed by atoms with E-state index < -0.39 is 11.7 Å². The molecule has 1 aromatic heterocycles. The fraction of sp³-hybridized carbons (Fsp3) is 0.448. The van der Waals surface area contributed by atoms with Crippen LogP contribution in [-0.4, -0.2) is 45.2 Å². The van der Waals surface area contributed by atoms with Gasteiger partial charge in [-0.2, -0.15) is 18.2 Å². The Morgan fingerprint density at radius 3 is 2.33 bits per heavy atom. The summed E-state index contributed by atoms with van der Waals surface area (Å²) in [6, 6.07) is 10.8. The zero-order valence-corrected chi connectivity index (χ0v) is 23.4. The number of hydrogen-bond acceptors (Lipinski definition) is 6. The summed E-state index contributed by atoms with van der Waals surface area (Å²) in [5.74, 6) is 1.17. The molecule has 0 unspecified atom stereocenters. The van der Waals surface area contributed by atoms with Crippen molar-refractivity contribution in [3.63, 3.8) is 0 Å². The van der Waals surface area contributed by atoms with Gasteiger partial charge in [0.05, 0.1) is 11.7 Å². The second kappa shape index (κ2) is 12.5. The number of nitrogens with zero attached hydrogens (tertiary/aromatic N) is 3. The number of benzene rings is 2. The van der Waals surface area contributed by atoms with Crippen LogP contribution in [0.2, 0.25) is 10.0 Å². The molecule has 1 aliphatic carbocycles. The molecule has 2 aromatic carbocycles. The smallest absolute Gasteiger partial charge is 0.393 e. The number of halogens is 5. The zero-order chi connectivity index (χ0) is 28.3. The lowest BCUT2D eigenvalue weighted by atomic mass is 9.89. The maximum absolute atomic E-state index is 13.2. The van der Waals surface area contributed by atoms with Gasteiger partial charge in [-0.3, -0.25) is 4.90 Å². The molecule has 6 nitrogen and oxygen atoms in total. The highest BCUT2D eigenvalue weighted by Crippen LogP contribution is 2.35. The fourth-order valence-electron chi connectivity index (χ4n) is 5.54. The van der Waals surface area contributed by atoms with Crippen molar-refractivity contribution in [2.24, 2.45) is 0 Å². The van der Waals surface area contributed by atoms with Crippen LogP contribution in [0.15, 0.2) is 48.7 Å². The number of aromatic nitrogens is 2. The highest BCUT2D eigenvalue weighted by molar-refractivity contribution is 6.34. The first kappa shape index (κ1) is 28.9. The van der Waals surface area contributed by atoms with Crippen molar-refractivity contribution in [1.29, 1.82) is 0 Å². The first-order valence-corrected chi connectivity index (χ1v) is 14.3. The van der Waals surface area contributed by atoms with Crippen LogP contribution in [0.1, 0.15) is 61.1 Å². The van der Waals surface area contributed by atoms with Crippen LogP contribution in [0.5, 0.6) is 0 Å². The number of rotatable bonds is 7. The van der Waals surface area contributed by atoms with Gasteiger partial charge in [-0.15, -0.1) is 0 Å². The van der Waals surface area contributed by atoms with Crippen LogP contribution in [0.4, 0.5) is 30.6 Å². The molecule has 40 heavy (non-hydrogen) atoms. The minimum atomic E-state index is -4.44. The largest absolute Gasteiger partial charge is 0.416 e. The van der Waals surface area contributed by atoms with Crippen molar-refractivity contribution in [3.8, 4) is 0 Å². The molecule has 0 amide bonds. The van der Waals surface area contributed by atoms with Crippen LogP contribution < -0.4 is 10.6 Å². The van der Waals surface area contributed by atoms with Crippen molar-refractivity contribution in [2.45, 2.75) is 69.3 Å². The molecule has 0 atom stereocenters. The molecule has 11 heteroatoms. The molecule has 2 heterocycles. The van der Waals surface area contributed by atoms with E-state index in [0.717, 1.165) is 81.4 Å². The summed E-state index contributed by atoms with van der Waals surface area (Å²) in [4.78, 5) is 11.6. The average molecular weight is 595 g/mol. The molecule has 214 valence electrons. The quantitative estimate of drug-likeness (QED) is 0.261. The summed E-state index contributed by atoms with van der Waals surface area (Å²) in [5, 5.41) is 17.7. The third kappa shape index (κ3) is 7.57. The van der Waals surface area contributed by atoms with E-state index >= 15 is 0 Å². The van der Waals surface area contributed by atoms with Gasteiger partial charge in [0, 0.05) is 40.1 Å². The molecular weight excluding hydrogens is 562 g/mol. The topological polar surface area (TPSA) is 73.3 Å². The lowest BCUT2D eigenvalue weighted by Crippen LogP contribution is -2.33. The van der Waals surface area contributed by atoms with Crippen molar-refractivity contribution in [2.75, 3.05) is 23.7 Å². The standard InChI is InChI=1S/C29H32Cl2F3N5O/c30-21-12-18(13-22(31)15-21)17-39-10-8-19(9-11-39)26-16-35-28(37-24-3-1-2-20(14-24)29(32,33)34)38-27(26)36-23-4-6-25(40)7-5-23/h1-3,12-16,19,23,25,40H,4-11,17H2,(H2,35,36,37,38)/t23-,25-. The molecule has 3 aromatic rings. The predicted octanol–water partition coefficient (Wildman–Crippen LogP) is 7.64. The number of likely N-dealkylation sites (tertiary alicyclic amines) is 1. The van der Waals surface area contributed by atoms with E-state index in [9.17, 15) is 18.3 Å². The highest BCUT2D eigenvalue weighted by Gasteiger charge is 2.31. The van der Waals surface area contributed by atoms with E-state index in [1.54, 1.807) is 18.3 Å². The van der Waals surface area contributed by atoms with Crippen LogP contribution in [0.3, 0.4) is 0 Å². The van der Waals surface area contributed by atoms with Crippen molar-refractivity contribution in [3.05, 3.63) is 75.4 Å². The number of hydrogen-bond donors (Lipinski definition) is 3. The number of piperidine rings is 1. The Morgan fingerprint density at radius 1 is 0.950 bits per heavy atom. The summed E-state index contributed by atoms with van der Waals surface area (Å²) < 4.78 is 39.6. The van der Waals surface area contributed by atoms with E-state index in [1.165, 1.54) is 6.07 Å². The molecule has 0 bridgehead atoms. The first-order chi connectivity index (χ1) is 19.1. The van der Waals surface area contributed by atoms with Gasteiger partial charge in [0.1, 0.15) is 5.82 Å². The summed E-state index contributed by atoms with van der Waals surface area (Å²) in [5.41, 5.74) is 1.61. The Kier molecular flexibility index (Phi) is 9.05. The summed E-state index contributed by atoms with van der Waals surface area (Å²) >= 11 is 12.4. The monoisotopic (exact) mass is 593 g/mol. The molecule has 1 saturated heterocycles. The third-order valence-corrected chi connectivity index (χ3v) is 8.09. The summed E-state index contributed by atoms with van der Waals surface area (Å²) in [6.45, 7) is 2.53. The lowest BCUT2D eigenvalue weighted by Gasteiger charge is -2.33. The predicted molar refractivity (Wildman–Crippen MR) is 152 cm³/mol. The van der Waals surface area contributed by atoms with E-state index in [4.69, 9.17) is 28.2 Å². The van der Waals surface area contributed by atoms with Crippen molar-refractivity contribution < 1.29 is 18.3 Å². The van der Waals surface area contributed by atoms with Gasteiger partial charge in [-0.1, -0.05) is 29.3 Å². The van der Waals surface area contributed by atoms with Crippen LogP contribution in [-0.2, 0) is 12.7 Å². The van der Waals surface area contributed by atoms with Crippen LogP contribution >= 0.6 is 23.2 Å². The van der Waals surface area contributed by atoms with E-state index in [0.29, 0.717) is 15.9 Å². The number of aliphatic hydroxyl groups excluding tert-OH is 1. The van der Waals surface area contributed by atoms with E-state index in [-0.39, 0.29) is 29.7 Å². The number of alkyl halides is 3. The second-order valence-corrected chi connectivity index (χ2v) is 11.6. The molecule has 1 aliphatic heterocycles. The molecule has 2 aliphatic rings. The van der Waals surface area contributed by atoms with Gasteiger partial charge in [-0.25, -0.2) is 4.98 Å². The Labute approximate surface area is 241 Å². The third-order valence-electron chi connectivity index (χ3n) is 7.66. The summed E-state index contributed by atoms with van der Waals surface area (Å²) in [7, 11) is 0. The molecular formula is C29H32Cl2F3N5O. The molecule has 0 spiro atoms. The minimum Gasteiger partial charge on any atom is -0.393 e. The van der Waals surface area contributed by atoms with Crippen LogP contribution in [0, 0.1) is 0 Å². The lowest BCUT2D eigenvalue weighted by molar-refractivity contribution is -0.137. The second-order valence-electron chi connectivity index (χ2n) is 10.7. The highest BCUT2D eigenvalue weighted by atomic mass is 35.5. The molecule has 0 radical (unpaired) electrons. The molecule has 1 saturated carbocycles. The van der Waals surface area contributed by atoms with Gasteiger partial charge in [0.25, 0.3) is 0 Å².